The first kappa shape index (κ1) is 28.2. The Morgan fingerprint density at radius 2 is 1.66 bits per heavy atom. The molecule has 1 aliphatic heterocycles. The van der Waals surface area contributed by atoms with Crippen LogP contribution in [0.2, 0.25) is 0 Å². The standard InChI is InChI=1S/C33H42O5/c1-20(2)14-15-23-19-32(17-16-21(3)4)28-24(18-25(38-28)31(7,8)37)27(35)33(29(32)36,30(23,5)6)26(34)22-12-10-9-11-13-22/h9-14,16,23,25,37H,15,17-19H2,1-8H3. The molecule has 5 heteroatoms. The highest BCUT2D eigenvalue weighted by molar-refractivity contribution is 6.36. The highest BCUT2D eigenvalue weighted by Crippen LogP contribution is 2.67. The molecule has 1 saturated carbocycles. The molecule has 5 nitrogen and oxygen atoms in total. The molecule has 38 heavy (non-hydrogen) atoms. The average Bonchev–Trinajstić information content (AvgIpc) is 3.30. The molecular formula is C33H42O5. The van der Waals surface area contributed by atoms with Gasteiger partial charge < -0.3 is 9.84 Å². The molecule has 1 fully saturated rings. The maximum atomic E-state index is 15.0. The third kappa shape index (κ3) is 4.05. The largest absolute Gasteiger partial charge is 0.490 e. The van der Waals surface area contributed by atoms with Crippen LogP contribution in [-0.2, 0) is 14.3 Å². The highest BCUT2D eigenvalue weighted by Gasteiger charge is 2.76. The van der Waals surface area contributed by atoms with Crippen molar-refractivity contribution in [3.63, 3.8) is 0 Å². The zero-order chi connectivity index (χ0) is 28.3. The SMILES string of the molecule is CC(C)=CCC1CC2(CC=C(C)C)C(=O)C(C(=O)c3ccccc3)(C(=O)C3=C2OC(C(C)(C)O)C3)C1(C)C. The van der Waals surface area contributed by atoms with E-state index in [4.69, 9.17) is 4.74 Å². The van der Waals surface area contributed by atoms with Crippen molar-refractivity contribution in [3.8, 4) is 0 Å². The van der Waals surface area contributed by atoms with Crippen LogP contribution in [0, 0.1) is 22.2 Å². The first-order chi connectivity index (χ1) is 17.6. The monoisotopic (exact) mass is 518 g/mol. The Hall–Kier alpha value is -2.79. The number of carbonyl (C=O) groups excluding carboxylic acids is 3. The summed E-state index contributed by atoms with van der Waals surface area (Å²) in [5.74, 6) is -0.977. The zero-order valence-electron chi connectivity index (χ0n) is 24.1. The second-order valence-corrected chi connectivity index (χ2v) is 13.1. The Bertz CT molecular complexity index is 1250. The van der Waals surface area contributed by atoms with E-state index in [9.17, 15) is 14.7 Å². The molecule has 1 N–H and O–H groups in total. The predicted octanol–water partition coefficient (Wildman–Crippen LogP) is 6.57. The van der Waals surface area contributed by atoms with Crippen LogP contribution < -0.4 is 0 Å². The van der Waals surface area contributed by atoms with E-state index in [1.165, 1.54) is 0 Å². The smallest absolute Gasteiger partial charge is 0.184 e. The third-order valence-corrected chi connectivity index (χ3v) is 9.16. The van der Waals surface area contributed by atoms with Gasteiger partial charge in [0.15, 0.2) is 22.8 Å². The Kier molecular flexibility index (Phi) is 7.01. The number of hydrogen-bond acceptors (Lipinski definition) is 5. The molecule has 2 aliphatic carbocycles. The van der Waals surface area contributed by atoms with E-state index < -0.39 is 39.5 Å². The molecule has 1 heterocycles. The van der Waals surface area contributed by atoms with Crippen LogP contribution >= 0.6 is 0 Å². The summed E-state index contributed by atoms with van der Waals surface area (Å²) in [5.41, 5.74) is -2.23. The molecule has 2 bridgehead atoms. The van der Waals surface area contributed by atoms with E-state index in [0.717, 1.165) is 11.1 Å². The molecule has 204 valence electrons. The normalized spacial score (nSPS) is 29.9. The average molecular weight is 519 g/mol. The minimum atomic E-state index is -1.88. The van der Waals surface area contributed by atoms with Gasteiger partial charge in [-0.1, -0.05) is 67.5 Å². The number of hydrogen-bond donors (Lipinski definition) is 1. The number of fused-ring (bicyclic) bond motifs is 3. The molecular weight excluding hydrogens is 476 g/mol. The van der Waals surface area contributed by atoms with Crippen LogP contribution in [0.15, 0.2) is 65.0 Å². The van der Waals surface area contributed by atoms with Gasteiger partial charge in [0, 0.05) is 17.6 Å². The predicted molar refractivity (Wildman–Crippen MR) is 148 cm³/mol. The second kappa shape index (κ2) is 9.44. The number of benzene rings is 1. The van der Waals surface area contributed by atoms with Crippen LogP contribution in [0.25, 0.3) is 0 Å². The molecule has 3 aliphatic rings. The van der Waals surface area contributed by atoms with Crippen LogP contribution in [0.4, 0.5) is 0 Å². The van der Waals surface area contributed by atoms with E-state index in [1.54, 1.807) is 38.1 Å². The van der Waals surface area contributed by atoms with Crippen molar-refractivity contribution in [3.05, 3.63) is 70.5 Å². The summed E-state index contributed by atoms with van der Waals surface area (Å²) in [6.45, 7) is 15.2. The summed E-state index contributed by atoms with van der Waals surface area (Å²) >= 11 is 0. The van der Waals surface area contributed by atoms with Gasteiger partial charge in [0.1, 0.15) is 11.9 Å². The molecule has 1 aromatic carbocycles. The molecule has 0 radical (unpaired) electrons. The lowest BCUT2D eigenvalue weighted by Crippen LogP contribution is -2.69. The molecule has 0 saturated heterocycles. The molecule has 0 aromatic heterocycles. The number of aliphatic hydroxyl groups is 1. The van der Waals surface area contributed by atoms with E-state index in [1.807, 2.05) is 53.7 Å². The first-order valence-corrected chi connectivity index (χ1v) is 13.7. The minimum Gasteiger partial charge on any atom is -0.490 e. The molecule has 4 rings (SSSR count). The molecule has 4 atom stereocenters. The minimum absolute atomic E-state index is 0.129. The summed E-state index contributed by atoms with van der Waals surface area (Å²) < 4.78 is 6.40. The van der Waals surface area contributed by atoms with Gasteiger partial charge in [-0.3, -0.25) is 14.4 Å². The fourth-order valence-corrected chi connectivity index (χ4v) is 6.78. The summed E-state index contributed by atoms with van der Waals surface area (Å²) in [7, 11) is 0. The van der Waals surface area contributed by atoms with Crippen LogP contribution in [0.1, 0.15) is 91.4 Å². The van der Waals surface area contributed by atoms with Crippen molar-refractivity contribution in [1.82, 2.24) is 0 Å². The topological polar surface area (TPSA) is 80.7 Å². The summed E-state index contributed by atoms with van der Waals surface area (Å²) in [6, 6.07) is 8.74. The molecule has 0 spiro atoms. The molecule has 4 unspecified atom stereocenters. The fraction of sp³-hybridized carbons (Fsp3) is 0.545. The highest BCUT2D eigenvalue weighted by atomic mass is 16.5. The van der Waals surface area contributed by atoms with Gasteiger partial charge in [0.05, 0.1) is 11.0 Å². The van der Waals surface area contributed by atoms with Crippen molar-refractivity contribution in [2.75, 3.05) is 0 Å². The van der Waals surface area contributed by atoms with E-state index in [2.05, 4.69) is 6.08 Å². The van der Waals surface area contributed by atoms with E-state index in [0.29, 0.717) is 36.2 Å². The van der Waals surface area contributed by atoms with Crippen molar-refractivity contribution in [1.29, 1.82) is 0 Å². The zero-order valence-corrected chi connectivity index (χ0v) is 24.1. The number of allylic oxidation sites excluding steroid dienone is 5. The van der Waals surface area contributed by atoms with Gasteiger partial charge in [-0.2, -0.15) is 0 Å². The number of ketones is 3. The number of ether oxygens (including phenoxy) is 1. The lowest BCUT2D eigenvalue weighted by Gasteiger charge is -2.59. The second-order valence-electron chi connectivity index (χ2n) is 13.1. The summed E-state index contributed by atoms with van der Waals surface area (Å²) in [5, 5.41) is 10.9. The maximum absolute atomic E-state index is 15.0. The van der Waals surface area contributed by atoms with E-state index in [-0.39, 0.29) is 18.1 Å². The van der Waals surface area contributed by atoms with Crippen molar-refractivity contribution < 1.29 is 24.2 Å². The van der Waals surface area contributed by atoms with Crippen molar-refractivity contribution in [2.24, 2.45) is 22.2 Å². The Morgan fingerprint density at radius 3 is 2.21 bits per heavy atom. The van der Waals surface area contributed by atoms with Crippen molar-refractivity contribution in [2.45, 2.75) is 92.8 Å². The van der Waals surface area contributed by atoms with Crippen molar-refractivity contribution >= 4 is 17.3 Å². The van der Waals surface area contributed by atoms with Crippen LogP contribution in [0.5, 0.6) is 0 Å². The Morgan fingerprint density at radius 1 is 1.05 bits per heavy atom. The van der Waals surface area contributed by atoms with Gasteiger partial charge in [-0.05, 0) is 72.1 Å². The van der Waals surface area contributed by atoms with Crippen LogP contribution in [0.3, 0.4) is 0 Å². The van der Waals surface area contributed by atoms with Crippen LogP contribution in [-0.4, -0.2) is 34.2 Å². The summed E-state index contributed by atoms with van der Waals surface area (Å²) in [6.07, 6.45) is 5.14. The fourth-order valence-electron chi connectivity index (χ4n) is 6.78. The van der Waals surface area contributed by atoms with Gasteiger partial charge in [-0.15, -0.1) is 0 Å². The number of Topliss-reactive ketones (excluding diaryl/α,β-unsaturated/α-hetero) is 3. The third-order valence-electron chi connectivity index (χ3n) is 9.16. The van der Waals surface area contributed by atoms with Gasteiger partial charge in [0.2, 0.25) is 0 Å². The van der Waals surface area contributed by atoms with Gasteiger partial charge >= 0.3 is 0 Å². The van der Waals surface area contributed by atoms with Gasteiger partial charge in [0.25, 0.3) is 0 Å². The quantitative estimate of drug-likeness (QED) is 0.251. The lowest BCUT2D eigenvalue weighted by atomic mass is 9.39. The Labute approximate surface area is 227 Å². The number of rotatable bonds is 7. The van der Waals surface area contributed by atoms with E-state index >= 15 is 4.79 Å². The first-order valence-electron chi connectivity index (χ1n) is 13.7. The lowest BCUT2D eigenvalue weighted by molar-refractivity contribution is -0.166. The summed E-state index contributed by atoms with van der Waals surface area (Å²) in [4.78, 5) is 44.4. The molecule has 1 aromatic rings. The number of carbonyl (C=O) groups is 3. The molecule has 0 amide bonds. The maximum Gasteiger partial charge on any atom is 0.184 e. The van der Waals surface area contributed by atoms with Gasteiger partial charge in [-0.25, -0.2) is 0 Å². The Balaban J connectivity index is 2.06.